The van der Waals surface area contributed by atoms with Crippen LogP contribution in [0.5, 0.6) is 11.6 Å². The highest BCUT2D eigenvalue weighted by molar-refractivity contribution is 5.85. The molecular weight excluding hydrogens is 314 g/mol. The van der Waals surface area contributed by atoms with Crippen molar-refractivity contribution in [1.29, 1.82) is 0 Å². The van der Waals surface area contributed by atoms with E-state index in [4.69, 9.17) is 9.47 Å². The van der Waals surface area contributed by atoms with Gasteiger partial charge in [0.15, 0.2) is 0 Å². The van der Waals surface area contributed by atoms with E-state index in [1.807, 2.05) is 25.1 Å². The molecule has 1 unspecified atom stereocenters. The van der Waals surface area contributed by atoms with Gasteiger partial charge in [0.25, 0.3) is 0 Å². The van der Waals surface area contributed by atoms with Gasteiger partial charge >= 0.3 is 0 Å². The number of ether oxygens (including phenoxy) is 2. The minimum absolute atomic E-state index is 0. The molecule has 1 aliphatic rings. The van der Waals surface area contributed by atoms with E-state index < -0.39 is 0 Å². The molecule has 0 saturated carbocycles. The van der Waals surface area contributed by atoms with E-state index >= 15 is 0 Å². The molecule has 23 heavy (non-hydrogen) atoms. The van der Waals surface area contributed by atoms with Crippen LogP contribution in [0.3, 0.4) is 0 Å². The maximum absolute atomic E-state index is 5.97. The van der Waals surface area contributed by atoms with Crippen LogP contribution in [0.4, 0.5) is 0 Å². The van der Waals surface area contributed by atoms with Crippen molar-refractivity contribution >= 4 is 23.4 Å². The van der Waals surface area contributed by atoms with Gasteiger partial charge in [-0.25, -0.2) is 9.97 Å². The van der Waals surface area contributed by atoms with Gasteiger partial charge in [-0.15, -0.1) is 12.4 Å². The van der Waals surface area contributed by atoms with Crippen molar-refractivity contribution < 1.29 is 9.47 Å². The number of aryl methyl sites for hydroxylation is 1. The van der Waals surface area contributed by atoms with Gasteiger partial charge in [0.05, 0.1) is 18.1 Å². The van der Waals surface area contributed by atoms with Crippen molar-refractivity contribution in [3.8, 4) is 11.6 Å². The van der Waals surface area contributed by atoms with E-state index in [2.05, 4.69) is 21.9 Å². The summed E-state index contributed by atoms with van der Waals surface area (Å²) in [6, 6.07) is 6.18. The number of likely N-dealkylation sites (tertiary alicyclic amines) is 1. The Bertz CT molecular complexity index is 666. The largest absolute Gasteiger partial charge is 0.497 e. The number of hydrogen-bond acceptors (Lipinski definition) is 5. The minimum atomic E-state index is 0. The van der Waals surface area contributed by atoms with Crippen molar-refractivity contribution in [1.82, 2.24) is 14.9 Å². The van der Waals surface area contributed by atoms with Gasteiger partial charge < -0.3 is 14.4 Å². The molecule has 3 rings (SSSR count). The quantitative estimate of drug-likeness (QED) is 0.857. The first-order valence-corrected chi connectivity index (χ1v) is 7.83. The average molecular weight is 338 g/mol. The van der Waals surface area contributed by atoms with Crippen LogP contribution >= 0.6 is 12.4 Å². The van der Waals surface area contributed by atoms with Crippen LogP contribution in [0.2, 0.25) is 0 Å². The number of piperidine rings is 1. The van der Waals surface area contributed by atoms with E-state index in [0.29, 0.717) is 18.5 Å². The molecule has 1 aliphatic heterocycles. The van der Waals surface area contributed by atoms with Crippen LogP contribution in [0.1, 0.15) is 25.0 Å². The lowest BCUT2D eigenvalue weighted by atomic mass is 10.0. The molecule has 1 saturated heterocycles. The molecule has 0 radical (unpaired) electrons. The number of nitrogens with zero attached hydrogens (tertiary/aromatic N) is 3. The first-order valence-electron chi connectivity index (χ1n) is 7.83. The lowest BCUT2D eigenvalue weighted by molar-refractivity contribution is 0.122. The fourth-order valence-corrected chi connectivity index (χ4v) is 2.90. The van der Waals surface area contributed by atoms with E-state index in [0.717, 1.165) is 29.0 Å². The molecule has 0 amide bonds. The SMILES string of the molecule is COc1ccc2nc(C)c(OCC3CCCCN3C)nc2c1.Cl. The Morgan fingerprint density at radius 1 is 1.22 bits per heavy atom. The third kappa shape index (κ3) is 4.03. The molecule has 0 spiro atoms. The molecule has 1 atom stereocenters. The Hall–Kier alpha value is -1.59. The average Bonchev–Trinajstić information content (AvgIpc) is 2.54. The fraction of sp³-hybridized carbons (Fsp3) is 0.529. The zero-order valence-electron chi connectivity index (χ0n) is 13.9. The lowest BCUT2D eigenvalue weighted by Crippen LogP contribution is -2.40. The summed E-state index contributed by atoms with van der Waals surface area (Å²) in [5.41, 5.74) is 2.49. The number of likely N-dealkylation sites (N-methyl/N-ethyl adjacent to an activating group) is 1. The highest BCUT2D eigenvalue weighted by Crippen LogP contribution is 2.23. The zero-order valence-corrected chi connectivity index (χ0v) is 14.7. The van der Waals surface area contributed by atoms with Gasteiger partial charge in [0.2, 0.25) is 5.88 Å². The first kappa shape index (κ1) is 17.8. The van der Waals surface area contributed by atoms with E-state index in [-0.39, 0.29) is 12.4 Å². The van der Waals surface area contributed by atoms with Crippen molar-refractivity contribution in [3.63, 3.8) is 0 Å². The zero-order chi connectivity index (χ0) is 15.5. The number of benzene rings is 1. The van der Waals surface area contributed by atoms with E-state index in [9.17, 15) is 0 Å². The van der Waals surface area contributed by atoms with Crippen molar-refractivity contribution in [2.75, 3.05) is 27.3 Å². The van der Waals surface area contributed by atoms with Crippen molar-refractivity contribution in [2.45, 2.75) is 32.2 Å². The Balaban J connectivity index is 0.00000192. The summed E-state index contributed by atoms with van der Waals surface area (Å²) in [7, 11) is 3.82. The number of rotatable bonds is 4. The second-order valence-corrected chi connectivity index (χ2v) is 5.91. The van der Waals surface area contributed by atoms with E-state index in [1.165, 1.54) is 19.3 Å². The predicted octanol–water partition coefficient (Wildman–Crippen LogP) is 3.23. The topological polar surface area (TPSA) is 47.5 Å². The van der Waals surface area contributed by atoms with Crippen LogP contribution in [-0.2, 0) is 0 Å². The lowest BCUT2D eigenvalue weighted by Gasteiger charge is -2.32. The second-order valence-electron chi connectivity index (χ2n) is 5.91. The van der Waals surface area contributed by atoms with Crippen molar-refractivity contribution in [2.24, 2.45) is 0 Å². The Kier molecular flexibility index (Phi) is 6.02. The smallest absolute Gasteiger partial charge is 0.236 e. The van der Waals surface area contributed by atoms with Crippen LogP contribution in [0.25, 0.3) is 11.0 Å². The van der Waals surface area contributed by atoms with Crippen LogP contribution < -0.4 is 9.47 Å². The first-order chi connectivity index (χ1) is 10.7. The van der Waals surface area contributed by atoms with Gasteiger partial charge in [-0.05, 0) is 45.5 Å². The molecule has 0 bridgehead atoms. The molecule has 1 aromatic heterocycles. The summed E-state index contributed by atoms with van der Waals surface area (Å²) in [6.07, 6.45) is 3.74. The minimum Gasteiger partial charge on any atom is -0.497 e. The molecule has 1 aromatic carbocycles. The molecule has 2 aromatic rings. The number of methoxy groups -OCH3 is 1. The number of halogens is 1. The normalized spacial score (nSPS) is 18.5. The van der Waals surface area contributed by atoms with Gasteiger partial charge in [0.1, 0.15) is 18.1 Å². The van der Waals surface area contributed by atoms with Crippen LogP contribution in [0.15, 0.2) is 18.2 Å². The van der Waals surface area contributed by atoms with Gasteiger partial charge in [-0.3, -0.25) is 0 Å². The molecule has 2 heterocycles. The van der Waals surface area contributed by atoms with Gasteiger partial charge in [0, 0.05) is 12.1 Å². The maximum Gasteiger partial charge on any atom is 0.236 e. The third-order valence-electron chi connectivity index (χ3n) is 4.34. The molecule has 1 fully saturated rings. The molecular formula is C17H24ClN3O2. The van der Waals surface area contributed by atoms with Crippen LogP contribution in [-0.4, -0.2) is 48.2 Å². The highest BCUT2D eigenvalue weighted by Gasteiger charge is 2.20. The number of aromatic nitrogens is 2. The molecule has 5 nitrogen and oxygen atoms in total. The molecule has 0 N–H and O–H groups in total. The second kappa shape index (κ2) is 7.79. The summed E-state index contributed by atoms with van der Waals surface area (Å²) >= 11 is 0. The summed E-state index contributed by atoms with van der Waals surface area (Å²) in [5, 5.41) is 0. The molecule has 126 valence electrons. The van der Waals surface area contributed by atoms with E-state index in [1.54, 1.807) is 7.11 Å². The monoisotopic (exact) mass is 337 g/mol. The highest BCUT2D eigenvalue weighted by atomic mass is 35.5. The number of fused-ring (bicyclic) bond motifs is 1. The van der Waals surface area contributed by atoms with Gasteiger partial charge in [-0.1, -0.05) is 6.42 Å². The predicted molar refractivity (Wildman–Crippen MR) is 93.8 cm³/mol. The Labute approximate surface area is 143 Å². The third-order valence-corrected chi connectivity index (χ3v) is 4.34. The fourth-order valence-electron chi connectivity index (χ4n) is 2.90. The van der Waals surface area contributed by atoms with Crippen molar-refractivity contribution in [3.05, 3.63) is 23.9 Å². The number of hydrogen-bond donors (Lipinski definition) is 0. The van der Waals surface area contributed by atoms with Crippen LogP contribution in [0, 0.1) is 6.92 Å². The summed E-state index contributed by atoms with van der Waals surface area (Å²) in [6.45, 7) is 3.76. The molecule has 6 heteroatoms. The maximum atomic E-state index is 5.97. The summed E-state index contributed by atoms with van der Waals surface area (Å²) < 4.78 is 11.2. The van der Waals surface area contributed by atoms with Gasteiger partial charge in [-0.2, -0.15) is 0 Å². The molecule has 0 aliphatic carbocycles. The Morgan fingerprint density at radius 3 is 2.78 bits per heavy atom. The summed E-state index contributed by atoms with van der Waals surface area (Å²) in [5.74, 6) is 1.41. The standard InChI is InChI=1S/C17H23N3O2.ClH/c1-12-17(22-11-13-6-4-5-9-20(13)2)19-16-10-14(21-3)7-8-15(16)18-12;/h7-8,10,13H,4-6,9,11H2,1-3H3;1H. The Morgan fingerprint density at radius 2 is 2.04 bits per heavy atom. The summed E-state index contributed by atoms with van der Waals surface area (Å²) in [4.78, 5) is 11.6.